The second-order valence-corrected chi connectivity index (χ2v) is 6.54. The quantitative estimate of drug-likeness (QED) is 0.646. The lowest BCUT2D eigenvalue weighted by Gasteiger charge is -2.14. The van der Waals surface area contributed by atoms with Crippen molar-refractivity contribution in [1.29, 1.82) is 0 Å². The maximum Gasteiger partial charge on any atom is 0.311 e. The number of carboxylic acids is 1. The van der Waals surface area contributed by atoms with Crippen LogP contribution in [0.2, 0.25) is 0 Å². The van der Waals surface area contributed by atoms with Crippen LogP contribution < -0.4 is 14.2 Å². The van der Waals surface area contributed by atoms with E-state index in [2.05, 4.69) is 0 Å². The van der Waals surface area contributed by atoms with Gasteiger partial charge in [-0.3, -0.25) is 9.59 Å². The molecule has 4 rings (SSSR count). The van der Waals surface area contributed by atoms with Gasteiger partial charge in [-0.05, 0) is 42.8 Å². The zero-order valence-corrected chi connectivity index (χ0v) is 15.4. The van der Waals surface area contributed by atoms with E-state index in [1.807, 2.05) is 0 Å². The minimum atomic E-state index is -1.08. The van der Waals surface area contributed by atoms with Crippen molar-refractivity contribution < 1.29 is 33.3 Å². The van der Waals surface area contributed by atoms with Gasteiger partial charge in [0.05, 0.1) is 13.0 Å². The highest BCUT2D eigenvalue weighted by molar-refractivity contribution is 6.01. The summed E-state index contributed by atoms with van der Waals surface area (Å²) < 4.78 is 21.5. The molecule has 1 aromatic heterocycles. The van der Waals surface area contributed by atoms with E-state index in [-0.39, 0.29) is 19.0 Å². The smallest absolute Gasteiger partial charge is 0.311 e. The minimum Gasteiger partial charge on any atom is -0.493 e. The van der Waals surface area contributed by atoms with Gasteiger partial charge in [0.15, 0.2) is 28.6 Å². The standard InChI is InChI=1S/C21H18O7/c1-11-7-14-13(4-6-18(25-2)20(14)28-11)15(21(23)24)9-16(22)12-3-5-17-19(8-12)27-10-26-17/h3-8,15H,9-10H2,1-2H3,(H,23,24). The van der Waals surface area contributed by atoms with Crippen molar-refractivity contribution in [3.63, 3.8) is 0 Å². The van der Waals surface area contributed by atoms with Crippen molar-refractivity contribution in [2.75, 3.05) is 13.9 Å². The third-order valence-corrected chi connectivity index (χ3v) is 4.78. The van der Waals surface area contributed by atoms with E-state index in [4.69, 9.17) is 18.6 Å². The van der Waals surface area contributed by atoms with E-state index in [0.29, 0.717) is 45.1 Å². The maximum atomic E-state index is 12.8. The van der Waals surface area contributed by atoms with Crippen LogP contribution in [0.25, 0.3) is 11.0 Å². The number of hydrogen-bond donors (Lipinski definition) is 1. The number of carbonyl (C=O) groups is 2. The summed E-state index contributed by atoms with van der Waals surface area (Å²) in [5.74, 6) is -0.213. The first-order valence-electron chi connectivity index (χ1n) is 8.70. The predicted molar refractivity (Wildman–Crippen MR) is 99.4 cm³/mol. The summed E-state index contributed by atoms with van der Waals surface area (Å²) in [5.41, 5.74) is 1.36. The minimum absolute atomic E-state index is 0.106. The molecule has 0 fully saturated rings. The zero-order valence-electron chi connectivity index (χ0n) is 15.4. The Kier molecular flexibility index (Phi) is 4.43. The summed E-state index contributed by atoms with van der Waals surface area (Å²) in [4.78, 5) is 24.8. The number of aryl methyl sites for hydroxylation is 1. The monoisotopic (exact) mass is 382 g/mol. The lowest BCUT2D eigenvalue weighted by atomic mass is 9.89. The molecule has 1 N–H and O–H groups in total. The molecule has 0 amide bonds. The van der Waals surface area contributed by atoms with Gasteiger partial charge in [-0.15, -0.1) is 0 Å². The molecule has 144 valence electrons. The van der Waals surface area contributed by atoms with Crippen LogP contribution in [0.3, 0.4) is 0 Å². The fraction of sp³-hybridized carbons (Fsp3) is 0.238. The number of furan rings is 1. The number of aliphatic carboxylic acids is 1. The largest absolute Gasteiger partial charge is 0.493 e. The molecule has 7 heteroatoms. The van der Waals surface area contributed by atoms with Crippen LogP contribution in [0, 0.1) is 6.92 Å². The van der Waals surface area contributed by atoms with E-state index in [9.17, 15) is 14.7 Å². The highest BCUT2D eigenvalue weighted by atomic mass is 16.7. The Balaban J connectivity index is 1.69. The third-order valence-electron chi connectivity index (χ3n) is 4.78. The highest BCUT2D eigenvalue weighted by Gasteiger charge is 2.28. The maximum absolute atomic E-state index is 12.8. The van der Waals surface area contributed by atoms with E-state index in [1.54, 1.807) is 43.3 Å². The Bertz CT molecular complexity index is 1080. The summed E-state index contributed by atoms with van der Waals surface area (Å²) in [6, 6.07) is 9.92. The molecular weight excluding hydrogens is 364 g/mol. The average molecular weight is 382 g/mol. The Morgan fingerprint density at radius 3 is 2.68 bits per heavy atom. The van der Waals surface area contributed by atoms with E-state index in [1.165, 1.54) is 7.11 Å². The second-order valence-electron chi connectivity index (χ2n) is 6.54. The molecule has 0 bridgehead atoms. The van der Waals surface area contributed by atoms with Crippen molar-refractivity contribution in [3.8, 4) is 17.2 Å². The molecule has 2 aromatic carbocycles. The molecule has 1 unspecified atom stereocenters. The fourth-order valence-electron chi connectivity index (χ4n) is 3.41. The van der Waals surface area contributed by atoms with Crippen LogP contribution in [-0.4, -0.2) is 30.8 Å². The fourth-order valence-corrected chi connectivity index (χ4v) is 3.41. The van der Waals surface area contributed by atoms with Gasteiger partial charge in [0.25, 0.3) is 0 Å². The molecule has 3 aromatic rings. The zero-order chi connectivity index (χ0) is 19.8. The molecule has 1 aliphatic rings. The van der Waals surface area contributed by atoms with Crippen LogP contribution in [0.5, 0.6) is 17.2 Å². The Morgan fingerprint density at radius 2 is 1.93 bits per heavy atom. The molecule has 0 saturated carbocycles. The van der Waals surface area contributed by atoms with Crippen molar-refractivity contribution >= 4 is 22.7 Å². The van der Waals surface area contributed by atoms with Gasteiger partial charge in [-0.2, -0.15) is 0 Å². The number of methoxy groups -OCH3 is 1. The first kappa shape index (κ1) is 17.9. The van der Waals surface area contributed by atoms with Crippen molar-refractivity contribution in [3.05, 3.63) is 53.3 Å². The van der Waals surface area contributed by atoms with Gasteiger partial charge in [-0.25, -0.2) is 0 Å². The molecule has 0 spiro atoms. The molecule has 1 atom stereocenters. The van der Waals surface area contributed by atoms with Crippen LogP contribution in [0.15, 0.2) is 40.8 Å². The molecular formula is C21H18O7. The van der Waals surface area contributed by atoms with Gasteiger partial charge in [0.1, 0.15) is 5.76 Å². The molecule has 28 heavy (non-hydrogen) atoms. The first-order valence-corrected chi connectivity index (χ1v) is 8.70. The van der Waals surface area contributed by atoms with E-state index in [0.717, 1.165) is 0 Å². The third kappa shape index (κ3) is 3.05. The molecule has 7 nitrogen and oxygen atoms in total. The van der Waals surface area contributed by atoms with Crippen LogP contribution in [0.4, 0.5) is 0 Å². The highest BCUT2D eigenvalue weighted by Crippen LogP contribution is 2.37. The topological polar surface area (TPSA) is 95.2 Å². The number of benzene rings is 2. The van der Waals surface area contributed by atoms with Crippen molar-refractivity contribution in [1.82, 2.24) is 0 Å². The molecule has 1 aliphatic heterocycles. The SMILES string of the molecule is COc1ccc(C(CC(=O)c2ccc3c(c2)OCO3)C(=O)O)c2cc(C)oc12. The summed E-state index contributed by atoms with van der Waals surface area (Å²) in [5, 5.41) is 10.4. The summed E-state index contributed by atoms with van der Waals surface area (Å²) in [6.07, 6.45) is -0.194. The van der Waals surface area contributed by atoms with Crippen molar-refractivity contribution in [2.24, 2.45) is 0 Å². The van der Waals surface area contributed by atoms with Gasteiger partial charge in [0, 0.05) is 17.4 Å². The van der Waals surface area contributed by atoms with Crippen molar-refractivity contribution in [2.45, 2.75) is 19.3 Å². The number of Topliss-reactive ketones (excluding diaryl/α,β-unsaturated/α-hetero) is 1. The van der Waals surface area contributed by atoms with Gasteiger partial charge >= 0.3 is 5.97 Å². The summed E-state index contributed by atoms with van der Waals surface area (Å²) >= 11 is 0. The average Bonchev–Trinajstić information content (AvgIpc) is 3.30. The number of rotatable bonds is 6. The van der Waals surface area contributed by atoms with E-state index < -0.39 is 11.9 Å². The summed E-state index contributed by atoms with van der Waals surface area (Å²) in [7, 11) is 1.52. The van der Waals surface area contributed by atoms with Gasteiger partial charge < -0.3 is 23.7 Å². The number of carboxylic acid groups (broad SMARTS) is 1. The number of ketones is 1. The number of ether oxygens (including phenoxy) is 3. The molecule has 2 heterocycles. The normalized spacial score (nSPS) is 13.5. The van der Waals surface area contributed by atoms with Gasteiger partial charge in [-0.1, -0.05) is 6.07 Å². The summed E-state index contributed by atoms with van der Waals surface area (Å²) in [6.45, 7) is 1.88. The lowest BCUT2D eigenvalue weighted by molar-refractivity contribution is -0.138. The molecule has 0 radical (unpaired) electrons. The van der Waals surface area contributed by atoms with Crippen LogP contribution >= 0.6 is 0 Å². The van der Waals surface area contributed by atoms with E-state index >= 15 is 0 Å². The first-order chi connectivity index (χ1) is 13.5. The number of hydrogen-bond acceptors (Lipinski definition) is 6. The molecule has 0 aliphatic carbocycles. The van der Waals surface area contributed by atoms with Crippen LogP contribution in [0.1, 0.15) is 34.0 Å². The Labute approximate surface area is 160 Å². The second kappa shape index (κ2) is 6.92. The Hall–Kier alpha value is -3.48. The number of carbonyl (C=O) groups excluding carboxylic acids is 1. The number of fused-ring (bicyclic) bond motifs is 2. The Morgan fingerprint density at radius 1 is 1.14 bits per heavy atom. The van der Waals surface area contributed by atoms with Crippen LogP contribution in [-0.2, 0) is 4.79 Å². The molecule has 0 saturated heterocycles. The van der Waals surface area contributed by atoms with Gasteiger partial charge in [0.2, 0.25) is 6.79 Å². The lowest BCUT2D eigenvalue weighted by Crippen LogP contribution is -2.16. The predicted octanol–water partition coefficient (Wildman–Crippen LogP) is 3.92.